The number of aromatic nitrogens is 2. The van der Waals surface area contributed by atoms with Gasteiger partial charge in [-0.05, 0) is 6.54 Å². The smallest absolute Gasteiger partial charge is 0.256 e. The lowest BCUT2D eigenvalue weighted by atomic mass is 10.2. The van der Waals surface area contributed by atoms with Crippen molar-refractivity contribution in [1.29, 1.82) is 0 Å². The molecule has 0 bridgehead atoms. The van der Waals surface area contributed by atoms with Crippen molar-refractivity contribution in [3.63, 3.8) is 0 Å². The van der Waals surface area contributed by atoms with Gasteiger partial charge in [-0.3, -0.25) is 0 Å². The van der Waals surface area contributed by atoms with Crippen LogP contribution in [0.25, 0.3) is 11.0 Å². The van der Waals surface area contributed by atoms with Crippen LogP contribution in [0, 0.1) is 0 Å². The third-order valence-electron chi connectivity index (χ3n) is 3.18. The number of rotatable bonds is 4. The zero-order valence-corrected chi connectivity index (χ0v) is 13.3. The van der Waals surface area contributed by atoms with Gasteiger partial charge in [0.15, 0.2) is 11.5 Å². The van der Waals surface area contributed by atoms with Crippen LogP contribution in [0.4, 0.5) is 8.78 Å². The third kappa shape index (κ3) is 3.53. The summed E-state index contributed by atoms with van der Waals surface area (Å²) in [5.74, 6) is 1.73. The van der Waals surface area contributed by atoms with E-state index in [0.717, 1.165) is 0 Å². The fraction of sp³-hybridized carbons (Fsp3) is 0.462. The molecule has 0 fully saturated rings. The molecule has 0 aliphatic carbocycles. The lowest BCUT2D eigenvalue weighted by Crippen LogP contribution is -2.16. The van der Waals surface area contributed by atoms with Crippen LogP contribution in [0.3, 0.4) is 0 Å². The van der Waals surface area contributed by atoms with Gasteiger partial charge in [0, 0.05) is 18.6 Å². The molecule has 0 amide bonds. The van der Waals surface area contributed by atoms with Crippen molar-refractivity contribution in [3.05, 3.63) is 18.0 Å². The zero-order valence-electron chi connectivity index (χ0n) is 11.6. The molecule has 2 N–H and O–H groups in total. The van der Waals surface area contributed by atoms with Crippen LogP contribution in [0.5, 0.6) is 11.5 Å². The molecule has 9 heteroatoms. The standard InChI is InChI=1S/C13H15F2N3O2.2ClH/c14-12(15)7-18-9-6-11-10(19-3-4-20-11)5-8(9)17-13(18)1-2-16;;/h5-6,12H,1-4,7,16H2;2*1H. The summed E-state index contributed by atoms with van der Waals surface area (Å²) < 4.78 is 38.0. The maximum atomic E-state index is 12.7. The molecule has 124 valence electrons. The molecule has 1 aliphatic rings. The second-order valence-corrected chi connectivity index (χ2v) is 4.55. The summed E-state index contributed by atoms with van der Waals surface area (Å²) in [5, 5.41) is 0. The largest absolute Gasteiger partial charge is 0.486 e. The first-order valence-corrected chi connectivity index (χ1v) is 6.46. The predicted molar refractivity (Wildman–Crippen MR) is 84.0 cm³/mol. The summed E-state index contributed by atoms with van der Waals surface area (Å²) in [7, 11) is 0. The number of imidazole rings is 1. The summed E-state index contributed by atoms with van der Waals surface area (Å²) in [6, 6.07) is 3.44. The SMILES string of the molecule is Cl.Cl.NCCc1nc2cc3c(cc2n1CC(F)F)OCCO3. The van der Waals surface area contributed by atoms with Crippen molar-refractivity contribution in [1.82, 2.24) is 9.55 Å². The van der Waals surface area contributed by atoms with E-state index >= 15 is 0 Å². The summed E-state index contributed by atoms with van der Waals surface area (Å²) >= 11 is 0. The number of benzene rings is 1. The Morgan fingerprint density at radius 3 is 2.41 bits per heavy atom. The van der Waals surface area contributed by atoms with E-state index in [1.807, 2.05) is 0 Å². The fourth-order valence-corrected chi connectivity index (χ4v) is 2.37. The second kappa shape index (κ2) is 7.80. The Kier molecular flexibility index (Phi) is 6.65. The molecule has 0 saturated heterocycles. The summed E-state index contributed by atoms with van der Waals surface area (Å²) in [6.45, 7) is 0.897. The van der Waals surface area contributed by atoms with Crippen molar-refractivity contribution < 1.29 is 18.3 Å². The molecule has 1 aromatic carbocycles. The van der Waals surface area contributed by atoms with Crippen molar-refractivity contribution in [2.75, 3.05) is 19.8 Å². The second-order valence-electron chi connectivity index (χ2n) is 4.55. The number of nitrogens with two attached hydrogens (primary N) is 1. The number of hydrogen-bond acceptors (Lipinski definition) is 4. The van der Waals surface area contributed by atoms with E-state index in [1.54, 1.807) is 12.1 Å². The van der Waals surface area contributed by atoms with Crippen LogP contribution in [0.15, 0.2) is 12.1 Å². The van der Waals surface area contributed by atoms with Crippen LogP contribution in [0.1, 0.15) is 5.82 Å². The predicted octanol–water partition coefficient (Wildman–Crippen LogP) is 2.42. The van der Waals surface area contributed by atoms with Crippen LogP contribution in [-0.4, -0.2) is 35.7 Å². The van der Waals surface area contributed by atoms with Gasteiger partial charge < -0.3 is 19.8 Å². The molecule has 0 saturated carbocycles. The molecular formula is C13H17Cl2F2N3O2. The van der Waals surface area contributed by atoms with Gasteiger partial charge in [0.25, 0.3) is 6.43 Å². The average molecular weight is 356 g/mol. The Morgan fingerprint density at radius 1 is 1.18 bits per heavy atom. The Balaban J connectivity index is 0.00000121. The van der Waals surface area contributed by atoms with Crippen molar-refractivity contribution in [2.45, 2.75) is 19.4 Å². The lowest BCUT2D eigenvalue weighted by molar-refractivity contribution is 0.127. The molecule has 2 aromatic rings. The monoisotopic (exact) mass is 355 g/mol. The molecule has 5 nitrogen and oxygen atoms in total. The average Bonchev–Trinajstić information content (AvgIpc) is 2.74. The van der Waals surface area contributed by atoms with E-state index in [1.165, 1.54) is 4.57 Å². The van der Waals surface area contributed by atoms with Gasteiger partial charge in [-0.2, -0.15) is 0 Å². The van der Waals surface area contributed by atoms with E-state index in [9.17, 15) is 8.78 Å². The quantitative estimate of drug-likeness (QED) is 0.914. The third-order valence-corrected chi connectivity index (χ3v) is 3.18. The van der Waals surface area contributed by atoms with Crippen molar-refractivity contribution in [2.24, 2.45) is 5.73 Å². The van der Waals surface area contributed by atoms with E-state index in [4.69, 9.17) is 15.2 Å². The Bertz CT molecular complexity index is 637. The maximum absolute atomic E-state index is 12.7. The minimum atomic E-state index is -2.45. The normalized spacial score (nSPS) is 12.9. The molecule has 2 heterocycles. The number of hydrogen-bond donors (Lipinski definition) is 1. The van der Waals surface area contributed by atoms with Gasteiger partial charge >= 0.3 is 0 Å². The molecule has 0 atom stereocenters. The number of alkyl halides is 2. The molecular weight excluding hydrogens is 339 g/mol. The molecule has 3 rings (SSSR count). The molecule has 1 aliphatic heterocycles. The van der Waals surface area contributed by atoms with Crippen LogP contribution in [-0.2, 0) is 13.0 Å². The van der Waals surface area contributed by atoms with E-state index in [-0.39, 0.29) is 24.8 Å². The molecule has 22 heavy (non-hydrogen) atoms. The van der Waals surface area contributed by atoms with Crippen LogP contribution in [0.2, 0.25) is 0 Å². The number of ether oxygens (including phenoxy) is 2. The van der Waals surface area contributed by atoms with Crippen LogP contribution < -0.4 is 15.2 Å². The highest BCUT2D eigenvalue weighted by molar-refractivity contribution is 5.85. The first-order valence-electron chi connectivity index (χ1n) is 6.46. The molecule has 0 unspecified atom stereocenters. The van der Waals surface area contributed by atoms with E-state index in [0.29, 0.717) is 54.5 Å². The molecule has 0 spiro atoms. The van der Waals surface area contributed by atoms with Gasteiger partial charge in [-0.25, -0.2) is 13.8 Å². The van der Waals surface area contributed by atoms with Gasteiger partial charge in [0.05, 0.1) is 17.6 Å². The maximum Gasteiger partial charge on any atom is 0.256 e. The zero-order chi connectivity index (χ0) is 14.1. The van der Waals surface area contributed by atoms with Crippen molar-refractivity contribution in [3.8, 4) is 11.5 Å². The van der Waals surface area contributed by atoms with Gasteiger partial charge in [-0.1, -0.05) is 0 Å². The lowest BCUT2D eigenvalue weighted by Gasteiger charge is -2.18. The number of nitrogens with zero attached hydrogens (tertiary/aromatic N) is 2. The fourth-order valence-electron chi connectivity index (χ4n) is 2.37. The highest BCUT2D eigenvalue weighted by atomic mass is 35.5. The highest BCUT2D eigenvalue weighted by Crippen LogP contribution is 2.35. The Morgan fingerprint density at radius 2 is 1.82 bits per heavy atom. The summed E-state index contributed by atoms with van der Waals surface area (Å²) in [5.41, 5.74) is 6.76. The summed E-state index contributed by atoms with van der Waals surface area (Å²) in [6.07, 6.45) is -1.99. The van der Waals surface area contributed by atoms with E-state index in [2.05, 4.69) is 4.98 Å². The minimum Gasteiger partial charge on any atom is -0.486 e. The molecule has 0 radical (unpaired) electrons. The van der Waals surface area contributed by atoms with Crippen LogP contribution >= 0.6 is 24.8 Å². The Hall–Kier alpha value is -1.31. The Labute approximate surface area is 138 Å². The first-order chi connectivity index (χ1) is 9.69. The first kappa shape index (κ1) is 18.7. The minimum absolute atomic E-state index is 0. The van der Waals surface area contributed by atoms with E-state index < -0.39 is 13.0 Å². The highest BCUT2D eigenvalue weighted by Gasteiger charge is 2.19. The van der Waals surface area contributed by atoms with Gasteiger partial charge in [0.2, 0.25) is 0 Å². The summed E-state index contributed by atoms with van der Waals surface area (Å²) in [4.78, 5) is 4.38. The number of fused-ring (bicyclic) bond motifs is 2. The van der Waals surface area contributed by atoms with Crippen molar-refractivity contribution >= 4 is 35.8 Å². The van der Waals surface area contributed by atoms with Gasteiger partial charge in [0.1, 0.15) is 19.0 Å². The topological polar surface area (TPSA) is 62.3 Å². The number of halogens is 4. The van der Waals surface area contributed by atoms with Gasteiger partial charge in [-0.15, -0.1) is 24.8 Å². The molecule has 1 aromatic heterocycles.